The Labute approximate surface area is 163 Å². The molecule has 0 saturated carbocycles. The second-order valence-corrected chi connectivity index (χ2v) is 6.98. The van der Waals surface area contributed by atoms with Gasteiger partial charge in [-0.25, -0.2) is 0 Å². The first kappa shape index (κ1) is 20.1. The summed E-state index contributed by atoms with van der Waals surface area (Å²) in [6, 6.07) is 5.02. The van der Waals surface area contributed by atoms with E-state index in [1.54, 1.807) is 18.2 Å². The zero-order chi connectivity index (χ0) is 19.9. The fraction of sp³-hybridized carbons (Fsp3) is 0.579. The number of rotatable bonds is 11. The number of imide groups is 1. The van der Waals surface area contributed by atoms with E-state index in [1.807, 2.05) is 0 Å². The molecule has 152 valence electrons. The minimum Gasteiger partial charge on any atom is -0.492 e. The molecule has 1 saturated heterocycles. The van der Waals surface area contributed by atoms with Crippen LogP contribution < -0.4 is 4.74 Å². The first-order chi connectivity index (χ1) is 13.6. The molecule has 0 spiro atoms. The molecule has 0 aliphatic carbocycles. The summed E-state index contributed by atoms with van der Waals surface area (Å²) in [7, 11) is 0. The van der Waals surface area contributed by atoms with Crippen molar-refractivity contribution >= 4 is 11.8 Å². The van der Waals surface area contributed by atoms with Gasteiger partial charge in [0, 0.05) is 13.1 Å². The van der Waals surface area contributed by atoms with Crippen LogP contribution in [0.2, 0.25) is 0 Å². The Morgan fingerprint density at radius 1 is 0.964 bits per heavy atom. The van der Waals surface area contributed by atoms with Crippen LogP contribution in [-0.2, 0) is 4.84 Å². The summed E-state index contributed by atoms with van der Waals surface area (Å²) in [5.74, 6) is -0.0189. The van der Waals surface area contributed by atoms with Crippen molar-refractivity contribution in [1.29, 1.82) is 0 Å². The van der Waals surface area contributed by atoms with Crippen LogP contribution in [0.1, 0.15) is 52.8 Å². The van der Waals surface area contributed by atoms with Crippen LogP contribution in [0.4, 0.5) is 0 Å². The Kier molecular flexibility index (Phi) is 6.80. The summed E-state index contributed by atoms with van der Waals surface area (Å²) >= 11 is 0. The topological polar surface area (TPSA) is 102 Å². The van der Waals surface area contributed by atoms with Gasteiger partial charge in [0.05, 0.1) is 17.7 Å². The molecular formula is C19H25N3O6. The molecule has 0 unspecified atom stereocenters. The first-order valence-corrected chi connectivity index (χ1v) is 9.69. The fourth-order valence-corrected chi connectivity index (χ4v) is 3.55. The van der Waals surface area contributed by atoms with Gasteiger partial charge in [0.15, 0.2) is 0 Å². The zero-order valence-corrected chi connectivity index (χ0v) is 15.8. The fourth-order valence-electron chi connectivity index (χ4n) is 3.55. The third-order valence-electron chi connectivity index (χ3n) is 5.04. The Hall–Kier alpha value is -2.68. The highest BCUT2D eigenvalue weighted by atomic mass is 16.9. The molecule has 0 aromatic heterocycles. The van der Waals surface area contributed by atoms with Crippen molar-refractivity contribution in [2.75, 3.05) is 39.4 Å². The van der Waals surface area contributed by atoms with Crippen LogP contribution in [0.25, 0.3) is 0 Å². The quantitative estimate of drug-likeness (QED) is 0.246. The SMILES string of the molecule is O=C1c2ccc(OCCN3CCCC3)cc2C(=O)N1CCCCCO[N+](=O)[O-]. The van der Waals surface area contributed by atoms with Crippen molar-refractivity contribution in [1.82, 2.24) is 9.80 Å². The monoisotopic (exact) mass is 391 g/mol. The van der Waals surface area contributed by atoms with E-state index >= 15 is 0 Å². The molecule has 1 aromatic rings. The minimum atomic E-state index is -0.824. The van der Waals surface area contributed by atoms with Crippen molar-refractivity contribution in [2.45, 2.75) is 32.1 Å². The van der Waals surface area contributed by atoms with Crippen LogP contribution in [0, 0.1) is 10.1 Å². The molecule has 0 radical (unpaired) electrons. The molecule has 0 bridgehead atoms. The largest absolute Gasteiger partial charge is 0.492 e. The van der Waals surface area contributed by atoms with Crippen LogP contribution >= 0.6 is 0 Å². The maximum absolute atomic E-state index is 12.6. The Morgan fingerprint density at radius 2 is 1.71 bits per heavy atom. The zero-order valence-electron chi connectivity index (χ0n) is 15.8. The number of benzene rings is 1. The third kappa shape index (κ3) is 4.98. The number of carbonyl (C=O) groups is 2. The van der Waals surface area contributed by atoms with E-state index in [1.165, 1.54) is 17.7 Å². The van der Waals surface area contributed by atoms with Gasteiger partial charge < -0.3 is 9.57 Å². The van der Waals surface area contributed by atoms with E-state index in [4.69, 9.17) is 4.74 Å². The summed E-state index contributed by atoms with van der Waals surface area (Å²) in [6.45, 7) is 3.93. The van der Waals surface area contributed by atoms with Gasteiger partial charge in [-0.3, -0.25) is 19.4 Å². The van der Waals surface area contributed by atoms with Gasteiger partial charge in [-0.15, -0.1) is 10.1 Å². The summed E-state index contributed by atoms with van der Waals surface area (Å²) in [4.78, 5) is 42.9. The number of amides is 2. The molecule has 9 heteroatoms. The normalized spacial score (nSPS) is 16.5. The summed E-state index contributed by atoms with van der Waals surface area (Å²) in [5, 5.41) is 9.26. The molecule has 2 aliphatic heterocycles. The standard InChI is InChI=1S/C19H25N3O6/c23-18-16-7-6-15(27-13-11-20-8-3-4-9-20)14-17(16)19(24)21(18)10-2-1-5-12-28-22(25)26/h6-7,14H,1-5,8-13H2. The lowest BCUT2D eigenvalue weighted by Gasteiger charge is -2.15. The maximum Gasteiger partial charge on any atom is 0.294 e. The summed E-state index contributed by atoms with van der Waals surface area (Å²) in [5.41, 5.74) is 0.772. The second-order valence-electron chi connectivity index (χ2n) is 6.98. The molecule has 0 atom stereocenters. The predicted octanol–water partition coefficient (Wildman–Crippen LogP) is 2.14. The lowest BCUT2D eigenvalue weighted by Crippen LogP contribution is -2.30. The highest BCUT2D eigenvalue weighted by Crippen LogP contribution is 2.27. The highest BCUT2D eigenvalue weighted by molar-refractivity contribution is 6.21. The average Bonchev–Trinajstić information content (AvgIpc) is 3.27. The van der Waals surface area contributed by atoms with Crippen LogP contribution in [0.5, 0.6) is 5.75 Å². The Morgan fingerprint density at radius 3 is 2.46 bits per heavy atom. The van der Waals surface area contributed by atoms with E-state index in [0.29, 0.717) is 42.7 Å². The van der Waals surface area contributed by atoms with Gasteiger partial charge in [-0.2, -0.15) is 0 Å². The second kappa shape index (κ2) is 9.50. The van der Waals surface area contributed by atoms with Crippen molar-refractivity contribution in [3.8, 4) is 5.75 Å². The number of ether oxygens (including phenoxy) is 1. The van der Waals surface area contributed by atoms with Gasteiger partial charge in [-0.05, 0) is 63.4 Å². The third-order valence-corrected chi connectivity index (χ3v) is 5.04. The predicted molar refractivity (Wildman–Crippen MR) is 99.8 cm³/mol. The van der Waals surface area contributed by atoms with E-state index in [0.717, 1.165) is 19.6 Å². The van der Waals surface area contributed by atoms with Crippen molar-refractivity contribution < 1.29 is 24.3 Å². The Bertz CT molecular complexity index is 732. The highest BCUT2D eigenvalue weighted by Gasteiger charge is 2.35. The molecule has 0 N–H and O–H groups in total. The van der Waals surface area contributed by atoms with Crippen LogP contribution in [-0.4, -0.2) is 66.1 Å². The number of hydrogen-bond donors (Lipinski definition) is 0. The molecule has 9 nitrogen and oxygen atoms in total. The number of hydrogen-bond acceptors (Lipinski definition) is 7. The van der Waals surface area contributed by atoms with Gasteiger partial charge in [-0.1, -0.05) is 0 Å². The molecule has 2 heterocycles. The van der Waals surface area contributed by atoms with E-state index in [9.17, 15) is 19.7 Å². The van der Waals surface area contributed by atoms with Crippen LogP contribution in [0.15, 0.2) is 18.2 Å². The average molecular weight is 391 g/mol. The van der Waals surface area contributed by atoms with E-state index < -0.39 is 5.09 Å². The molecule has 2 aliphatic rings. The lowest BCUT2D eigenvalue weighted by atomic mass is 10.1. The molecular weight excluding hydrogens is 366 g/mol. The summed E-state index contributed by atoms with van der Waals surface area (Å²) < 4.78 is 5.76. The summed E-state index contributed by atoms with van der Waals surface area (Å²) in [6.07, 6.45) is 4.17. The van der Waals surface area contributed by atoms with Crippen LogP contribution in [0.3, 0.4) is 0 Å². The number of fused-ring (bicyclic) bond motifs is 1. The lowest BCUT2D eigenvalue weighted by molar-refractivity contribution is -0.757. The minimum absolute atomic E-state index is 0.0211. The number of likely N-dealkylation sites (tertiary alicyclic amines) is 1. The maximum atomic E-state index is 12.6. The molecule has 3 rings (SSSR count). The number of carbonyl (C=O) groups excluding carboxylic acids is 2. The molecule has 28 heavy (non-hydrogen) atoms. The molecule has 1 fully saturated rings. The van der Waals surface area contributed by atoms with E-state index in [2.05, 4.69) is 9.74 Å². The molecule has 1 aromatic carbocycles. The van der Waals surface area contributed by atoms with Crippen molar-refractivity contribution in [2.24, 2.45) is 0 Å². The smallest absolute Gasteiger partial charge is 0.294 e. The number of unbranched alkanes of at least 4 members (excludes halogenated alkanes) is 2. The van der Waals surface area contributed by atoms with Gasteiger partial charge in [0.1, 0.15) is 12.4 Å². The Balaban J connectivity index is 1.47. The van der Waals surface area contributed by atoms with Gasteiger partial charge in [0.2, 0.25) is 0 Å². The van der Waals surface area contributed by atoms with E-state index in [-0.39, 0.29) is 25.0 Å². The number of nitrogens with zero attached hydrogens (tertiary/aromatic N) is 3. The van der Waals surface area contributed by atoms with Crippen molar-refractivity contribution in [3.05, 3.63) is 39.4 Å². The molecule has 2 amide bonds. The van der Waals surface area contributed by atoms with Gasteiger partial charge in [0.25, 0.3) is 16.9 Å². The van der Waals surface area contributed by atoms with Crippen molar-refractivity contribution in [3.63, 3.8) is 0 Å². The van der Waals surface area contributed by atoms with Gasteiger partial charge >= 0.3 is 0 Å². The first-order valence-electron chi connectivity index (χ1n) is 9.69.